The second-order valence-electron chi connectivity index (χ2n) is 4.82. The molecular formula is C16H22N2O3. The smallest absolute Gasteiger partial charge is 0.277 e. The van der Waals surface area contributed by atoms with Gasteiger partial charge in [0.25, 0.3) is 5.91 Å². The zero-order valence-corrected chi connectivity index (χ0v) is 12.8. The van der Waals surface area contributed by atoms with Crippen molar-refractivity contribution < 1.29 is 14.3 Å². The van der Waals surface area contributed by atoms with Crippen LogP contribution in [0.4, 0.5) is 0 Å². The van der Waals surface area contributed by atoms with E-state index in [4.69, 9.17) is 9.47 Å². The Balaban J connectivity index is 2.58. The molecule has 1 N–H and O–H groups in total. The highest BCUT2D eigenvalue weighted by Crippen LogP contribution is 2.28. The van der Waals surface area contributed by atoms with E-state index in [2.05, 4.69) is 17.1 Å². The Morgan fingerprint density at radius 3 is 2.81 bits per heavy atom. The van der Waals surface area contributed by atoms with Gasteiger partial charge in [0, 0.05) is 6.21 Å². The number of allylic oxidation sites excluding steroid dienone is 1. The molecular weight excluding hydrogens is 268 g/mol. The SMILES string of the molecule is C=CCc1ccc(OCC(=O)N/N=C\C(C)C)c(OC)c1. The van der Waals surface area contributed by atoms with E-state index in [1.807, 2.05) is 32.1 Å². The molecule has 0 spiro atoms. The maximum atomic E-state index is 11.6. The van der Waals surface area contributed by atoms with Crippen molar-refractivity contribution in [2.75, 3.05) is 13.7 Å². The summed E-state index contributed by atoms with van der Waals surface area (Å²) in [5.74, 6) is 1.08. The predicted octanol–water partition coefficient (Wildman–Crippen LogP) is 2.56. The molecule has 0 saturated carbocycles. The molecule has 114 valence electrons. The Kier molecular flexibility index (Phi) is 7.01. The predicted molar refractivity (Wildman–Crippen MR) is 83.9 cm³/mol. The van der Waals surface area contributed by atoms with Crippen molar-refractivity contribution in [3.05, 3.63) is 36.4 Å². The highest BCUT2D eigenvalue weighted by molar-refractivity contribution is 5.78. The third-order valence-corrected chi connectivity index (χ3v) is 2.53. The van der Waals surface area contributed by atoms with Crippen molar-refractivity contribution >= 4 is 12.1 Å². The standard InChI is InChI=1S/C16H22N2O3/c1-5-6-13-7-8-14(15(9-13)20-4)21-11-16(19)18-17-10-12(2)3/h5,7-10,12H,1,6,11H2,2-4H3,(H,18,19)/b17-10-. The summed E-state index contributed by atoms with van der Waals surface area (Å²) in [6.07, 6.45) is 4.22. The van der Waals surface area contributed by atoms with Crippen LogP contribution in [0.1, 0.15) is 19.4 Å². The number of carbonyl (C=O) groups excluding carboxylic acids is 1. The van der Waals surface area contributed by atoms with Crippen molar-refractivity contribution in [2.24, 2.45) is 11.0 Å². The molecule has 0 unspecified atom stereocenters. The topological polar surface area (TPSA) is 59.9 Å². The van der Waals surface area contributed by atoms with E-state index < -0.39 is 0 Å². The van der Waals surface area contributed by atoms with Gasteiger partial charge in [-0.25, -0.2) is 5.43 Å². The van der Waals surface area contributed by atoms with Gasteiger partial charge in [-0.05, 0) is 30.0 Å². The molecule has 1 aromatic rings. The molecule has 0 radical (unpaired) electrons. The fourth-order valence-electron chi connectivity index (χ4n) is 1.56. The van der Waals surface area contributed by atoms with Gasteiger partial charge in [0.15, 0.2) is 18.1 Å². The number of methoxy groups -OCH3 is 1. The lowest BCUT2D eigenvalue weighted by Crippen LogP contribution is -2.25. The molecule has 5 nitrogen and oxygen atoms in total. The summed E-state index contributed by atoms with van der Waals surface area (Å²) in [6.45, 7) is 7.53. The lowest BCUT2D eigenvalue weighted by molar-refractivity contribution is -0.123. The van der Waals surface area contributed by atoms with Gasteiger partial charge in [0.2, 0.25) is 0 Å². The molecule has 0 fully saturated rings. The zero-order chi connectivity index (χ0) is 15.7. The number of amides is 1. The van der Waals surface area contributed by atoms with Crippen molar-refractivity contribution in [3.63, 3.8) is 0 Å². The number of nitrogens with zero attached hydrogens (tertiary/aromatic N) is 1. The van der Waals surface area contributed by atoms with Gasteiger partial charge in [-0.3, -0.25) is 4.79 Å². The molecule has 1 aromatic carbocycles. The van der Waals surface area contributed by atoms with Gasteiger partial charge >= 0.3 is 0 Å². The van der Waals surface area contributed by atoms with Crippen LogP contribution in [0.5, 0.6) is 11.5 Å². The highest BCUT2D eigenvalue weighted by Gasteiger charge is 2.08. The van der Waals surface area contributed by atoms with Gasteiger partial charge in [0.1, 0.15) is 0 Å². The second kappa shape index (κ2) is 8.79. The van der Waals surface area contributed by atoms with Crippen LogP contribution in [0.2, 0.25) is 0 Å². The third-order valence-electron chi connectivity index (χ3n) is 2.53. The molecule has 0 atom stereocenters. The van der Waals surface area contributed by atoms with E-state index in [9.17, 15) is 4.79 Å². The molecule has 0 aromatic heterocycles. The fourth-order valence-corrected chi connectivity index (χ4v) is 1.56. The normalized spacial score (nSPS) is 10.7. The van der Waals surface area contributed by atoms with Crippen LogP contribution < -0.4 is 14.9 Å². The van der Waals surface area contributed by atoms with Crippen LogP contribution >= 0.6 is 0 Å². The minimum atomic E-state index is -0.316. The number of nitrogens with one attached hydrogen (secondary N) is 1. The van der Waals surface area contributed by atoms with E-state index in [0.29, 0.717) is 11.5 Å². The molecule has 0 bridgehead atoms. The molecule has 0 aliphatic carbocycles. The number of rotatable bonds is 8. The lowest BCUT2D eigenvalue weighted by atomic mass is 10.1. The monoisotopic (exact) mass is 290 g/mol. The van der Waals surface area contributed by atoms with Crippen molar-refractivity contribution in [3.8, 4) is 11.5 Å². The Hall–Kier alpha value is -2.30. The van der Waals surface area contributed by atoms with Crippen LogP contribution in [0, 0.1) is 5.92 Å². The van der Waals surface area contributed by atoms with Gasteiger partial charge < -0.3 is 9.47 Å². The number of ether oxygens (including phenoxy) is 2. The van der Waals surface area contributed by atoms with Crippen LogP contribution in [-0.2, 0) is 11.2 Å². The number of hydrogen-bond acceptors (Lipinski definition) is 4. The molecule has 1 rings (SSSR count). The van der Waals surface area contributed by atoms with Crippen molar-refractivity contribution in [2.45, 2.75) is 20.3 Å². The van der Waals surface area contributed by atoms with Gasteiger partial charge in [-0.1, -0.05) is 26.0 Å². The Morgan fingerprint density at radius 2 is 2.19 bits per heavy atom. The van der Waals surface area contributed by atoms with Crippen molar-refractivity contribution in [1.29, 1.82) is 0 Å². The lowest BCUT2D eigenvalue weighted by Gasteiger charge is -2.11. The van der Waals surface area contributed by atoms with Crippen LogP contribution in [0.15, 0.2) is 36.0 Å². The van der Waals surface area contributed by atoms with E-state index >= 15 is 0 Å². The quantitative estimate of drug-likeness (QED) is 0.455. The largest absolute Gasteiger partial charge is 0.493 e. The van der Waals surface area contributed by atoms with Gasteiger partial charge in [-0.15, -0.1) is 6.58 Å². The summed E-state index contributed by atoms with van der Waals surface area (Å²) in [7, 11) is 1.56. The number of hydrogen-bond donors (Lipinski definition) is 1. The van der Waals surface area contributed by atoms with E-state index in [1.54, 1.807) is 19.4 Å². The van der Waals surface area contributed by atoms with Crippen LogP contribution in [0.25, 0.3) is 0 Å². The first-order valence-electron chi connectivity index (χ1n) is 6.79. The Morgan fingerprint density at radius 1 is 1.43 bits per heavy atom. The van der Waals surface area contributed by atoms with Gasteiger partial charge in [0.05, 0.1) is 7.11 Å². The van der Waals surface area contributed by atoms with Crippen molar-refractivity contribution in [1.82, 2.24) is 5.43 Å². The molecule has 0 saturated heterocycles. The van der Waals surface area contributed by atoms with Gasteiger partial charge in [-0.2, -0.15) is 5.10 Å². The van der Waals surface area contributed by atoms with E-state index in [-0.39, 0.29) is 18.4 Å². The fraction of sp³-hybridized carbons (Fsp3) is 0.375. The van der Waals surface area contributed by atoms with E-state index in [0.717, 1.165) is 12.0 Å². The van der Waals surface area contributed by atoms with Crippen LogP contribution in [-0.4, -0.2) is 25.8 Å². The average Bonchev–Trinajstić information content (AvgIpc) is 2.45. The number of carbonyl (C=O) groups is 1. The minimum Gasteiger partial charge on any atom is -0.493 e. The molecule has 0 heterocycles. The molecule has 5 heteroatoms. The summed E-state index contributed by atoms with van der Waals surface area (Å²) in [6, 6.07) is 5.56. The van der Waals surface area contributed by atoms with Crippen LogP contribution in [0.3, 0.4) is 0 Å². The Labute approximate surface area is 125 Å². The molecule has 21 heavy (non-hydrogen) atoms. The molecule has 0 aliphatic heterocycles. The third kappa shape index (κ3) is 6.12. The first kappa shape index (κ1) is 16.8. The average molecular weight is 290 g/mol. The van der Waals surface area contributed by atoms with E-state index in [1.165, 1.54) is 0 Å². The summed E-state index contributed by atoms with van der Waals surface area (Å²) < 4.78 is 10.7. The summed E-state index contributed by atoms with van der Waals surface area (Å²) in [4.78, 5) is 11.6. The maximum Gasteiger partial charge on any atom is 0.277 e. The summed E-state index contributed by atoms with van der Waals surface area (Å²) in [5.41, 5.74) is 3.47. The summed E-state index contributed by atoms with van der Waals surface area (Å²) >= 11 is 0. The number of benzene rings is 1. The minimum absolute atomic E-state index is 0.118. The Bertz CT molecular complexity index is 510. The second-order valence-corrected chi connectivity index (χ2v) is 4.82. The summed E-state index contributed by atoms with van der Waals surface area (Å²) in [5, 5.41) is 3.82. The highest BCUT2D eigenvalue weighted by atomic mass is 16.5. The number of hydrazone groups is 1. The first-order chi connectivity index (χ1) is 10.1. The first-order valence-corrected chi connectivity index (χ1v) is 6.79. The maximum absolute atomic E-state index is 11.6. The molecule has 0 aliphatic rings. The molecule has 1 amide bonds. The zero-order valence-electron chi connectivity index (χ0n) is 12.8.